The third kappa shape index (κ3) is 3.23. The molecule has 106 valence electrons. The first-order valence-electron chi connectivity index (χ1n) is 5.81. The average molecular weight is 312 g/mol. The highest BCUT2D eigenvalue weighted by Crippen LogP contribution is 2.23. The van der Waals surface area contributed by atoms with Crippen LogP contribution < -0.4 is 11.1 Å². The number of nitrogens with one attached hydrogen (secondary N) is 1. The number of carbonyl (C=O) groups is 1. The molecule has 2 aromatic rings. The molecule has 20 heavy (non-hydrogen) atoms. The summed E-state index contributed by atoms with van der Waals surface area (Å²) in [5, 5.41) is 11.6. The maximum atomic E-state index is 11.9. The Balaban J connectivity index is 1.96. The zero-order valence-electron chi connectivity index (χ0n) is 11.1. The molecule has 0 aliphatic carbocycles. The number of amides is 1. The molecule has 0 atom stereocenters. The van der Waals surface area contributed by atoms with E-state index in [-0.39, 0.29) is 11.7 Å². The van der Waals surface area contributed by atoms with Crippen LogP contribution in [-0.2, 0) is 11.8 Å². The number of thioether (sulfide) groups is 1. The van der Waals surface area contributed by atoms with Crippen LogP contribution in [0.5, 0.6) is 0 Å². The molecule has 0 radical (unpaired) electrons. The molecule has 0 aliphatic heterocycles. The van der Waals surface area contributed by atoms with E-state index in [0.717, 1.165) is 5.56 Å². The van der Waals surface area contributed by atoms with Crippen molar-refractivity contribution < 1.29 is 4.79 Å². The highest BCUT2D eigenvalue weighted by Gasteiger charge is 2.11. The van der Waals surface area contributed by atoms with E-state index in [2.05, 4.69) is 15.5 Å². The number of carbonyl (C=O) groups excluding carboxylic acids is 1. The van der Waals surface area contributed by atoms with Crippen molar-refractivity contribution in [1.29, 1.82) is 0 Å². The summed E-state index contributed by atoms with van der Waals surface area (Å²) in [5.74, 6) is 0.401. The number of hydrogen-bond donors (Lipinski definition) is 2. The maximum Gasteiger partial charge on any atom is 0.234 e. The van der Waals surface area contributed by atoms with Gasteiger partial charge < -0.3 is 11.1 Å². The van der Waals surface area contributed by atoms with Crippen molar-refractivity contribution in [1.82, 2.24) is 14.8 Å². The first kappa shape index (κ1) is 14.7. The Labute approximate surface area is 125 Å². The van der Waals surface area contributed by atoms with Crippen LogP contribution in [0, 0.1) is 6.92 Å². The van der Waals surface area contributed by atoms with E-state index in [1.807, 2.05) is 13.0 Å². The number of nitrogens with two attached hydrogens (primary N) is 1. The van der Waals surface area contributed by atoms with Gasteiger partial charge in [-0.05, 0) is 24.6 Å². The highest BCUT2D eigenvalue weighted by molar-refractivity contribution is 7.99. The lowest BCUT2D eigenvalue weighted by Gasteiger charge is -2.09. The van der Waals surface area contributed by atoms with Gasteiger partial charge in [-0.2, -0.15) is 0 Å². The van der Waals surface area contributed by atoms with Crippen molar-refractivity contribution in [3.05, 3.63) is 28.8 Å². The second-order valence-electron chi connectivity index (χ2n) is 4.15. The fraction of sp³-hybridized carbons (Fsp3) is 0.250. The quantitative estimate of drug-likeness (QED) is 0.844. The van der Waals surface area contributed by atoms with E-state index in [1.165, 1.54) is 11.8 Å². The van der Waals surface area contributed by atoms with Gasteiger partial charge in [-0.1, -0.05) is 29.4 Å². The molecule has 1 aromatic carbocycles. The van der Waals surface area contributed by atoms with Crippen LogP contribution in [0.25, 0.3) is 0 Å². The number of nitrogen functional groups attached to an aromatic ring is 1. The summed E-state index contributed by atoms with van der Waals surface area (Å²) in [4.78, 5) is 11.9. The zero-order chi connectivity index (χ0) is 14.7. The van der Waals surface area contributed by atoms with Crippen LogP contribution in [0.3, 0.4) is 0 Å². The van der Waals surface area contributed by atoms with Crippen molar-refractivity contribution >= 4 is 40.9 Å². The minimum absolute atomic E-state index is 0.137. The molecule has 0 saturated carbocycles. The standard InChI is InChI=1S/C12H14ClN5OS/c1-7-8(13)4-3-5-9(7)15-10(19)6-20-12-17-16-11(14)18(12)2/h3-5H,6H2,1-2H3,(H2,14,16)(H,15,19). The number of benzene rings is 1. The minimum Gasteiger partial charge on any atom is -0.368 e. The number of anilines is 2. The largest absolute Gasteiger partial charge is 0.368 e. The molecular weight excluding hydrogens is 298 g/mol. The fourth-order valence-corrected chi connectivity index (χ4v) is 2.40. The van der Waals surface area contributed by atoms with Gasteiger partial charge in [-0.25, -0.2) is 0 Å². The Morgan fingerprint density at radius 1 is 1.50 bits per heavy atom. The van der Waals surface area contributed by atoms with Gasteiger partial charge in [0, 0.05) is 17.8 Å². The number of rotatable bonds is 4. The van der Waals surface area contributed by atoms with E-state index in [1.54, 1.807) is 23.7 Å². The third-order valence-electron chi connectivity index (χ3n) is 2.74. The molecule has 3 N–H and O–H groups in total. The van der Waals surface area contributed by atoms with Crippen LogP contribution in [-0.4, -0.2) is 26.4 Å². The van der Waals surface area contributed by atoms with E-state index < -0.39 is 0 Å². The number of aromatic nitrogens is 3. The van der Waals surface area contributed by atoms with E-state index in [9.17, 15) is 4.79 Å². The lowest BCUT2D eigenvalue weighted by molar-refractivity contribution is -0.113. The lowest BCUT2D eigenvalue weighted by atomic mass is 10.2. The summed E-state index contributed by atoms with van der Waals surface area (Å²) in [6.07, 6.45) is 0. The smallest absolute Gasteiger partial charge is 0.234 e. The number of hydrogen-bond acceptors (Lipinski definition) is 5. The average Bonchev–Trinajstić information content (AvgIpc) is 2.73. The fourth-order valence-electron chi connectivity index (χ4n) is 1.51. The highest BCUT2D eigenvalue weighted by atomic mass is 35.5. The van der Waals surface area contributed by atoms with Gasteiger partial charge in [-0.15, -0.1) is 10.2 Å². The van der Waals surface area contributed by atoms with Crippen molar-refractivity contribution in [2.75, 3.05) is 16.8 Å². The second kappa shape index (κ2) is 6.15. The zero-order valence-corrected chi connectivity index (χ0v) is 12.6. The Kier molecular flexibility index (Phi) is 4.51. The molecule has 1 amide bonds. The molecule has 0 spiro atoms. The monoisotopic (exact) mass is 311 g/mol. The van der Waals surface area contributed by atoms with Gasteiger partial charge in [0.05, 0.1) is 5.75 Å². The summed E-state index contributed by atoms with van der Waals surface area (Å²) in [7, 11) is 1.75. The molecule has 8 heteroatoms. The van der Waals surface area contributed by atoms with Crippen molar-refractivity contribution in [2.24, 2.45) is 7.05 Å². The molecule has 6 nitrogen and oxygen atoms in total. The van der Waals surface area contributed by atoms with Gasteiger partial charge in [-0.3, -0.25) is 9.36 Å². The first-order chi connectivity index (χ1) is 9.49. The number of nitrogens with zero attached hydrogens (tertiary/aromatic N) is 3. The SMILES string of the molecule is Cc1c(Cl)cccc1NC(=O)CSc1nnc(N)n1C. The van der Waals surface area contributed by atoms with Crippen LogP contribution in [0.1, 0.15) is 5.56 Å². The van der Waals surface area contributed by atoms with Crippen LogP contribution >= 0.6 is 23.4 Å². The van der Waals surface area contributed by atoms with Gasteiger partial charge in [0.1, 0.15) is 0 Å². The summed E-state index contributed by atoms with van der Waals surface area (Å²) < 4.78 is 1.63. The van der Waals surface area contributed by atoms with E-state index in [4.69, 9.17) is 17.3 Å². The van der Waals surface area contributed by atoms with Crippen molar-refractivity contribution in [3.8, 4) is 0 Å². The summed E-state index contributed by atoms with van der Waals surface area (Å²) in [5.41, 5.74) is 7.12. The predicted octanol–water partition coefficient (Wildman–Crippen LogP) is 2.09. The lowest BCUT2D eigenvalue weighted by Crippen LogP contribution is -2.15. The summed E-state index contributed by atoms with van der Waals surface area (Å²) in [6, 6.07) is 5.38. The molecule has 0 fully saturated rings. The topological polar surface area (TPSA) is 85.8 Å². The van der Waals surface area contributed by atoms with Crippen molar-refractivity contribution in [2.45, 2.75) is 12.1 Å². The van der Waals surface area contributed by atoms with Crippen LogP contribution in [0.4, 0.5) is 11.6 Å². The van der Waals surface area contributed by atoms with Gasteiger partial charge >= 0.3 is 0 Å². The summed E-state index contributed by atoms with van der Waals surface area (Å²) >= 11 is 7.27. The Morgan fingerprint density at radius 3 is 2.90 bits per heavy atom. The van der Waals surface area contributed by atoms with Crippen LogP contribution in [0.15, 0.2) is 23.4 Å². The molecule has 2 rings (SSSR count). The maximum absolute atomic E-state index is 11.9. The number of halogens is 1. The molecule has 0 unspecified atom stereocenters. The van der Waals surface area contributed by atoms with E-state index in [0.29, 0.717) is 21.8 Å². The van der Waals surface area contributed by atoms with Crippen LogP contribution in [0.2, 0.25) is 5.02 Å². The predicted molar refractivity (Wildman–Crippen MR) is 81.0 cm³/mol. The molecule has 0 bridgehead atoms. The Bertz CT molecular complexity index is 643. The normalized spacial score (nSPS) is 10.6. The van der Waals surface area contributed by atoms with Gasteiger partial charge in [0.25, 0.3) is 0 Å². The third-order valence-corrected chi connectivity index (χ3v) is 4.17. The first-order valence-corrected chi connectivity index (χ1v) is 7.18. The molecule has 0 saturated heterocycles. The molecule has 0 aliphatic rings. The minimum atomic E-state index is -0.137. The molecular formula is C12H14ClN5OS. The van der Waals surface area contributed by atoms with Gasteiger partial charge in [0.2, 0.25) is 11.9 Å². The van der Waals surface area contributed by atoms with Gasteiger partial charge in [0.15, 0.2) is 5.16 Å². The second-order valence-corrected chi connectivity index (χ2v) is 5.50. The summed E-state index contributed by atoms with van der Waals surface area (Å²) in [6.45, 7) is 1.86. The molecule has 1 heterocycles. The van der Waals surface area contributed by atoms with Crippen molar-refractivity contribution in [3.63, 3.8) is 0 Å². The van der Waals surface area contributed by atoms with E-state index >= 15 is 0 Å². The molecule has 1 aromatic heterocycles. The Morgan fingerprint density at radius 2 is 2.25 bits per heavy atom. The Hall–Kier alpha value is -1.73.